The third kappa shape index (κ3) is 3.50. The molecule has 0 N–H and O–H groups in total. The minimum atomic E-state index is -0.710. The van der Waals surface area contributed by atoms with Gasteiger partial charge in [-0.2, -0.15) is 0 Å². The molecule has 0 aromatic heterocycles. The Hall–Kier alpha value is -1.69. The molecule has 0 spiro atoms. The lowest BCUT2D eigenvalue weighted by Gasteiger charge is -2.10. The predicted molar refractivity (Wildman–Crippen MR) is 77.9 cm³/mol. The Bertz CT molecular complexity index is 606. The number of rotatable bonds is 4. The molecule has 3 nitrogen and oxygen atoms in total. The highest BCUT2D eigenvalue weighted by molar-refractivity contribution is 6.37. The molecule has 1 fully saturated rings. The Morgan fingerprint density at radius 1 is 1.24 bits per heavy atom. The Labute approximate surface area is 123 Å². The van der Waals surface area contributed by atoms with Gasteiger partial charge in [-0.3, -0.25) is 0 Å². The second-order valence-corrected chi connectivity index (χ2v) is 5.04. The van der Waals surface area contributed by atoms with E-state index in [-0.39, 0.29) is 18.5 Å². The molecular formula is C16H16BFO3. The number of aryl methyl sites for hydroxylation is 1. The zero-order valence-corrected chi connectivity index (χ0v) is 11.8. The van der Waals surface area contributed by atoms with Gasteiger partial charge in [-0.25, -0.2) is 4.39 Å². The Balaban J connectivity index is 1.57. The second-order valence-electron chi connectivity index (χ2n) is 5.04. The van der Waals surface area contributed by atoms with Gasteiger partial charge in [0.1, 0.15) is 5.82 Å². The van der Waals surface area contributed by atoms with Crippen molar-refractivity contribution in [2.45, 2.75) is 19.6 Å². The Morgan fingerprint density at radius 2 is 2.05 bits per heavy atom. The highest BCUT2D eigenvalue weighted by Crippen LogP contribution is 2.25. The van der Waals surface area contributed by atoms with Crippen LogP contribution in [-0.2, 0) is 20.6 Å². The number of hydrogen-bond donors (Lipinski definition) is 0. The molecule has 5 heteroatoms. The van der Waals surface area contributed by atoms with Gasteiger partial charge in [-0.15, -0.1) is 0 Å². The zero-order valence-electron chi connectivity index (χ0n) is 11.8. The molecule has 0 bridgehead atoms. The Kier molecular flexibility index (Phi) is 4.34. The van der Waals surface area contributed by atoms with E-state index in [2.05, 4.69) is 0 Å². The van der Waals surface area contributed by atoms with Gasteiger partial charge in [0, 0.05) is 0 Å². The van der Waals surface area contributed by atoms with Crippen LogP contribution in [-0.4, -0.2) is 13.9 Å². The van der Waals surface area contributed by atoms with E-state index < -0.39 is 7.32 Å². The van der Waals surface area contributed by atoms with Crippen LogP contribution in [0, 0.1) is 12.7 Å². The zero-order chi connectivity index (χ0) is 14.7. The largest absolute Gasteiger partial charge is 0.640 e. The average molecular weight is 286 g/mol. The van der Waals surface area contributed by atoms with Gasteiger partial charge in [0.25, 0.3) is 0 Å². The molecule has 1 aliphatic rings. The van der Waals surface area contributed by atoms with E-state index in [0.29, 0.717) is 6.61 Å². The van der Waals surface area contributed by atoms with Gasteiger partial charge in [0.05, 0.1) is 19.3 Å². The van der Waals surface area contributed by atoms with Crippen LogP contribution in [0.25, 0.3) is 0 Å². The normalized spacial score (nSPS) is 18.2. The van der Waals surface area contributed by atoms with Crippen LogP contribution < -0.4 is 0 Å². The first-order valence-corrected chi connectivity index (χ1v) is 6.91. The lowest BCUT2D eigenvalue weighted by Crippen LogP contribution is -2.20. The molecule has 0 radical (unpaired) electrons. The van der Waals surface area contributed by atoms with Crippen molar-refractivity contribution in [2.75, 3.05) is 6.61 Å². The van der Waals surface area contributed by atoms with Gasteiger partial charge in [-0.05, 0) is 35.7 Å². The maximum absolute atomic E-state index is 13.2. The molecule has 0 amide bonds. The molecular weight excluding hydrogens is 270 g/mol. The van der Waals surface area contributed by atoms with Gasteiger partial charge < -0.3 is 14.0 Å². The third-order valence-corrected chi connectivity index (χ3v) is 3.52. The molecule has 2 aromatic carbocycles. The Morgan fingerprint density at radius 3 is 2.86 bits per heavy atom. The first kappa shape index (κ1) is 14.3. The van der Waals surface area contributed by atoms with Gasteiger partial charge in [-0.1, -0.05) is 36.4 Å². The molecule has 2 aromatic rings. The minimum Gasteiger partial charge on any atom is -0.383 e. The molecule has 21 heavy (non-hydrogen) atoms. The number of hydrogen-bond acceptors (Lipinski definition) is 3. The standard InChI is InChI=1S/C16H16BFO3/c1-12-7-8-15(18)9-14(12)10-19-17-20-11-16(21-17)13-5-3-2-4-6-13/h2-9,16H,10-11H2,1H3. The topological polar surface area (TPSA) is 27.7 Å². The van der Waals surface area contributed by atoms with Crippen LogP contribution in [0.1, 0.15) is 22.8 Å². The van der Waals surface area contributed by atoms with Crippen LogP contribution in [0.5, 0.6) is 0 Å². The van der Waals surface area contributed by atoms with Gasteiger partial charge in [0.15, 0.2) is 0 Å². The highest BCUT2D eigenvalue weighted by atomic mass is 19.1. The first-order chi connectivity index (χ1) is 10.2. The lowest BCUT2D eigenvalue weighted by molar-refractivity contribution is 0.153. The summed E-state index contributed by atoms with van der Waals surface area (Å²) in [7, 11) is -0.710. The summed E-state index contributed by atoms with van der Waals surface area (Å²) in [5, 5.41) is 0. The van der Waals surface area contributed by atoms with E-state index in [1.807, 2.05) is 37.3 Å². The van der Waals surface area contributed by atoms with Crippen molar-refractivity contribution in [1.82, 2.24) is 0 Å². The van der Waals surface area contributed by atoms with Crippen LogP contribution in [0.4, 0.5) is 4.39 Å². The van der Waals surface area contributed by atoms with Gasteiger partial charge in [0.2, 0.25) is 0 Å². The summed E-state index contributed by atoms with van der Waals surface area (Å²) in [6.07, 6.45) is -0.121. The van der Waals surface area contributed by atoms with E-state index in [1.165, 1.54) is 12.1 Å². The molecule has 0 aliphatic carbocycles. The minimum absolute atomic E-state index is 0.121. The quantitative estimate of drug-likeness (QED) is 0.806. The average Bonchev–Trinajstić information content (AvgIpc) is 2.98. The molecule has 3 rings (SSSR count). The van der Waals surface area contributed by atoms with Gasteiger partial charge >= 0.3 is 7.32 Å². The summed E-state index contributed by atoms with van der Waals surface area (Å²) in [6, 6.07) is 14.5. The van der Waals surface area contributed by atoms with Crippen molar-refractivity contribution >= 4 is 7.32 Å². The fraction of sp³-hybridized carbons (Fsp3) is 0.250. The van der Waals surface area contributed by atoms with E-state index in [4.69, 9.17) is 14.0 Å². The van der Waals surface area contributed by atoms with Crippen molar-refractivity contribution in [1.29, 1.82) is 0 Å². The SMILES string of the molecule is Cc1ccc(F)cc1COB1OCC(c2ccccc2)O1. The molecule has 1 aliphatic heterocycles. The summed E-state index contributed by atoms with van der Waals surface area (Å²) in [5.41, 5.74) is 2.84. The monoisotopic (exact) mass is 286 g/mol. The third-order valence-electron chi connectivity index (χ3n) is 3.52. The molecule has 1 atom stereocenters. The van der Waals surface area contributed by atoms with Crippen molar-refractivity contribution in [3.05, 3.63) is 71.0 Å². The van der Waals surface area contributed by atoms with Crippen LogP contribution in [0.15, 0.2) is 48.5 Å². The number of benzene rings is 2. The van der Waals surface area contributed by atoms with Crippen LogP contribution >= 0.6 is 0 Å². The van der Waals surface area contributed by atoms with E-state index in [0.717, 1.165) is 16.7 Å². The summed E-state index contributed by atoms with van der Waals surface area (Å²) >= 11 is 0. The summed E-state index contributed by atoms with van der Waals surface area (Å²) in [5.74, 6) is -0.269. The molecule has 1 heterocycles. The fourth-order valence-corrected chi connectivity index (χ4v) is 2.26. The maximum Gasteiger partial charge on any atom is 0.640 e. The first-order valence-electron chi connectivity index (χ1n) is 6.91. The highest BCUT2D eigenvalue weighted by Gasteiger charge is 2.34. The summed E-state index contributed by atoms with van der Waals surface area (Å²) < 4.78 is 30.0. The molecule has 108 valence electrons. The van der Waals surface area contributed by atoms with Crippen molar-refractivity contribution < 1.29 is 18.4 Å². The lowest BCUT2D eigenvalue weighted by atomic mass is 10.1. The summed E-state index contributed by atoms with van der Waals surface area (Å²) in [4.78, 5) is 0. The van der Waals surface area contributed by atoms with Crippen LogP contribution in [0.2, 0.25) is 0 Å². The smallest absolute Gasteiger partial charge is 0.383 e. The maximum atomic E-state index is 13.2. The van der Waals surface area contributed by atoms with E-state index in [9.17, 15) is 4.39 Å². The molecule has 1 unspecified atom stereocenters. The predicted octanol–water partition coefficient (Wildman–Crippen LogP) is 3.42. The van der Waals surface area contributed by atoms with E-state index >= 15 is 0 Å². The van der Waals surface area contributed by atoms with Crippen LogP contribution in [0.3, 0.4) is 0 Å². The molecule has 0 saturated carbocycles. The van der Waals surface area contributed by atoms with E-state index in [1.54, 1.807) is 6.07 Å². The van der Waals surface area contributed by atoms with Crippen molar-refractivity contribution in [2.24, 2.45) is 0 Å². The fourth-order valence-electron chi connectivity index (χ4n) is 2.26. The summed E-state index contributed by atoms with van der Waals surface area (Å²) in [6.45, 7) is 2.63. The number of halogens is 1. The second kappa shape index (κ2) is 6.39. The van der Waals surface area contributed by atoms with Crippen molar-refractivity contribution in [3.63, 3.8) is 0 Å². The van der Waals surface area contributed by atoms with Crippen molar-refractivity contribution in [3.8, 4) is 0 Å². The molecule has 1 saturated heterocycles.